The molecule has 0 aliphatic carbocycles. The third-order valence-corrected chi connectivity index (χ3v) is 6.10. The van der Waals surface area contributed by atoms with Crippen molar-refractivity contribution in [2.24, 2.45) is 0 Å². The van der Waals surface area contributed by atoms with Crippen LogP contribution in [0.4, 0.5) is 4.39 Å². The average molecular weight is 497 g/mol. The second-order valence-electron chi connectivity index (χ2n) is 8.45. The Hall–Kier alpha value is -3.67. The predicted octanol–water partition coefficient (Wildman–Crippen LogP) is 2.61. The summed E-state index contributed by atoms with van der Waals surface area (Å²) >= 11 is 0. The normalized spacial score (nSPS) is 27.6. The molecule has 10 nitrogen and oxygen atoms in total. The van der Waals surface area contributed by atoms with Crippen LogP contribution in [0, 0.1) is 5.82 Å². The molecule has 3 heterocycles. The molecule has 2 saturated heterocycles. The number of carbonyl (C=O) groups is 2. The lowest BCUT2D eigenvalue weighted by Gasteiger charge is -2.48. The third kappa shape index (κ3) is 4.72. The monoisotopic (exact) mass is 497 g/mol. The van der Waals surface area contributed by atoms with Gasteiger partial charge in [0.05, 0.1) is 19.9 Å². The van der Waals surface area contributed by atoms with Crippen molar-refractivity contribution in [1.82, 2.24) is 15.0 Å². The molecule has 0 saturated carbocycles. The summed E-state index contributed by atoms with van der Waals surface area (Å²) in [4.78, 5) is 24.7. The molecule has 0 bridgehead atoms. The first kappa shape index (κ1) is 24.0. The minimum Gasteiger partial charge on any atom is -0.467 e. The fourth-order valence-electron chi connectivity index (χ4n) is 4.51. The van der Waals surface area contributed by atoms with Crippen molar-refractivity contribution < 1.29 is 37.7 Å². The molecule has 5 rings (SSSR count). The summed E-state index contributed by atoms with van der Waals surface area (Å²) in [5, 5.41) is 8.42. The molecule has 2 aliphatic heterocycles. The van der Waals surface area contributed by atoms with Gasteiger partial charge in [-0.1, -0.05) is 47.7 Å². The molecule has 3 aromatic rings. The minimum atomic E-state index is -1.26. The first-order valence-electron chi connectivity index (χ1n) is 11.3. The van der Waals surface area contributed by atoms with Crippen LogP contribution in [0.15, 0.2) is 60.8 Å². The summed E-state index contributed by atoms with van der Waals surface area (Å²) in [6, 6.07) is 14.4. The van der Waals surface area contributed by atoms with Crippen molar-refractivity contribution in [3.63, 3.8) is 0 Å². The Labute approximate surface area is 205 Å². The van der Waals surface area contributed by atoms with Gasteiger partial charge in [-0.05, 0) is 12.1 Å². The maximum Gasteiger partial charge on any atom is 0.339 e. The molecule has 6 atom stereocenters. The maximum atomic E-state index is 13.8. The van der Waals surface area contributed by atoms with Crippen molar-refractivity contribution in [2.75, 3.05) is 13.7 Å². The van der Waals surface area contributed by atoms with Gasteiger partial charge in [-0.25, -0.2) is 13.9 Å². The zero-order chi connectivity index (χ0) is 25.2. The Morgan fingerprint density at radius 2 is 1.92 bits per heavy atom. The molecular weight excluding hydrogens is 473 g/mol. The summed E-state index contributed by atoms with van der Waals surface area (Å²) in [6.07, 6.45) is -2.98. The summed E-state index contributed by atoms with van der Waals surface area (Å²) in [6.45, 7) is 1.33. The van der Waals surface area contributed by atoms with E-state index >= 15 is 0 Å². The van der Waals surface area contributed by atoms with Crippen LogP contribution < -0.4 is 0 Å². The van der Waals surface area contributed by atoms with Gasteiger partial charge in [0, 0.05) is 18.1 Å². The van der Waals surface area contributed by atoms with E-state index in [0.717, 1.165) is 5.56 Å². The fraction of sp³-hybridized carbons (Fsp3) is 0.360. The van der Waals surface area contributed by atoms with E-state index in [0.29, 0.717) is 11.3 Å². The van der Waals surface area contributed by atoms with Gasteiger partial charge in [-0.2, -0.15) is 0 Å². The van der Waals surface area contributed by atoms with E-state index in [1.54, 1.807) is 18.3 Å². The van der Waals surface area contributed by atoms with Crippen LogP contribution in [-0.2, 0) is 33.3 Å². The number of benzene rings is 2. The van der Waals surface area contributed by atoms with Crippen LogP contribution >= 0.6 is 0 Å². The number of rotatable bonds is 5. The van der Waals surface area contributed by atoms with Gasteiger partial charge in [0.2, 0.25) is 0 Å². The van der Waals surface area contributed by atoms with E-state index in [1.807, 2.05) is 30.3 Å². The van der Waals surface area contributed by atoms with E-state index in [-0.39, 0.29) is 6.61 Å². The van der Waals surface area contributed by atoms with Crippen molar-refractivity contribution in [2.45, 2.75) is 43.7 Å². The first-order chi connectivity index (χ1) is 17.4. The molecule has 2 aromatic carbocycles. The molecule has 0 N–H and O–H groups in total. The number of carbonyl (C=O) groups excluding carboxylic acids is 2. The second kappa shape index (κ2) is 10.1. The highest BCUT2D eigenvalue weighted by Gasteiger charge is 2.55. The smallest absolute Gasteiger partial charge is 0.339 e. The Morgan fingerprint density at radius 3 is 2.64 bits per heavy atom. The number of hydrogen-bond donors (Lipinski definition) is 0. The SMILES string of the molecule is COC(=O)[C@@H]1O[C@@H]2COC(c3ccccc3)O[C@@H]2[C@H](n2cc(-c3cccc(F)c3)nn2)[C@H]1OC(C)=O. The van der Waals surface area contributed by atoms with E-state index in [4.69, 9.17) is 23.7 Å². The molecule has 188 valence electrons. The Kier molecular flexibility index (Phi) is 6.77. The quantitative estimate of drug-likeness (QED) is 0.491. The number of nitrogens with zero attached hydrogens (tertiary/aromatic N) is 3. The lowest BCUT2D eigenvalue weighted by Crippen LogP contribution is -2.62. The number of aromatic nitrogens is 3. The third-order valence-electron chi connectivity index (χ3n) is 6.10. The van der Waals surface area contributed by atoms with Crippen LogP contribution in [-0.4, -0.2) is 65.1 Å². The van der Waals surface area contributed by atoms with E-state index in [9.17, 15) is 14.0 Å². The number of halogens is 1. The van der Waals surface area contributed by atoms with Crippen LogP contribution in [0.5, 0.6) is 0 Å². The van der Waals surface area contributed by atoms with Gasteiger partial charge in [-0.3, -0.25) is 4.79 Å². The molecule has 0 radical (unpaired) electrons. The number of ether oxygens (including phenoxy) is 5. The molecule has 1 aromatic heterocycles. The van der Waals surface area contributed by atoms with Crippen LogP contribution in [0.2, 0.25) is 0 Å². The molecule has 36 heavy (non-hydrogen) atoms. The lowest BCUT2D eigenvalue weighted by atomic mass is 9.91. The number of esters is 2. The molecular formula is C25H24FN3O7. The topological polar surface area (TPSA) is 111 Å². The molecule has 11 heteroatoms. The van der Waals surface area contributed by atoms with E-state index in [2.05, 4.69) is 10.3 Å². The zero-order valence-corrected chi connectivity index (χ0v) is 19.5. The molecule has 0 spiro atoms. The van der Waals surface area contributed by atoms with Gasteiger partial charge in [0.25, 0.3) is 0 Å². The summed E-state index contributed by atoms with van der Waals surface area (Å²) in [5.74, 6) is -1.77. The highest BCUT2D eigenvalue weighted by Crippen LogP contribution is 2.41. The standard InChI is InChI=1S/C25H24FN3O7/c1-14(30)34-22-20(29-12-18(27-28-29)16-9-6-10-17(26)11-16)21-19(35-23(22)24(31)32-2)13-33-25(36-21)15-7-4-3-5-8-15/h3-12,19-23,25H,13H2,1-2H3/t19-,20+,21+,22-,23-,25?/m1/s1. The van der Waals surface area contributed by atoms with E-state index < -0.39 is 54.5 Å². The summed E-state index contributed by atoms with van der Waals surface area (Å²) < 4.78 is 44.0. The van der Waals surface area contributed by atoms with Crippen LogP contribution in [0.3, 0.4) is 0 Å². The molecule has 0 amide bonds. The minimum absolute atomic E-state index is 0.104. The molecule has 2 aliphatic rings. The van der Waals surface area contributed by atoms with Crippen molar-refractivity contribution >= 4 is 11.9 Å². The highest BCUT2D eigenvalue weighted by atomic mass is 19.1. The van der Waals surface area contributed by atoms with Gasteiger partial charge < -0.3 is 23.7 Å². The van der Waals surface area contributed by atoms with Crippen LogP contribution in [0.25, 0.3) is 11.3 Å². The number of fused-ring (bicyclic) bond motifs is 1. The zero-order valence-electron chi connectivity index (χ0n) is 19.5. The van der Waals surface area contributed by atoms with Crippen molar-refractivity contribution in [3.05, 3.63) is 72.2 Å². The molecule has 1 unspecified atom stereocenters. The largest absolute Gasteiger partial charge is 0.467 e. The van der Waals surface area contributed by atoms with Crippen molar-refractivity contribution in [3.8, 4) is 11.3 Å². The number of methoxy groups -OCH3 is 1. The second-order valence-corrected chi connectivity index (χ2v) is 8.45. The summed E-state index contributed by atoms with van der Waals surface area (Å²) in [7, 11) is 1.22. The van der Waals surface area contributed by atoms with Gasteiger partial charge >= 0.3 is 11.9 Å². The van der Waals surface area contributed by atoms with Gasteiger partial charge in [0.1, 0.15) is 29.8 Å². The van der Waals surface area contributed by atoms with Gasteiger partial charge in [-0.15, -0.1) is 5.10 Å². The van der Waals surface area contributed by atoms with Crippen molar-refractivity contribution in [1.29, 1.82) is 0 Å². The maximum absolute atomic E-state index is 13.8. The highest BCUT2D eigenvalue weighted by molar-refractivity contribution is 5.76. The Balaban J connectivity index is 1.55. The first-order valence-corrected chi connectivity index (χ1v) is 11.3. The number of hydrogen-bond acceptors (Lipinski definition) is 9. The molecule has 2 fully saturated rings. The fourth-order valence-corrected chi connectivity index (χ4v) is 4.51. The van der Waals surface area contributed by atoms with E-state index in [1.165, 1.54) is 30.8 Å². The van der Waals surface area contributed by atoms with Gasteiger partial charge in [0.15, 0.2) is 18.5 Å². The summed E-state index contributed by atoms with van der Waals surface area (Å²) in [5.41, 5.74) is 1.68. The Bertz CT molecular complexity index is 1240. The lowest BCUT2D eigenvalue weighted by molar-refractivity contribution is -0.315. The van der Waals surface area contributed by atoms with Crippen LogP contribution in [0.1, 0.15) is 24.8 Å². The Morgan fingerprint density at radius 1 is 1.11 bits per heavy atom. The average Bonchev–Trinajstić information content (AvgIpc) is 3.37. The predicted molar refractivity (Wildman–Crippen MR) is 121 cm³/mol.